The summed E-state index contributed by atoms with van der Waals surface area (Å²) in [7, 11) is 1.64. The van der Waals surface area contributed by atoms with Gasteiger partial charge in [0.05, 0.1) is 30.1 Å². The van der Waals surface area contributed by atoms with E-state index in [-0.39, 0.29) is 0 Å². The lowest BCUT2D eigenvalue weighted by atomic mass is 10.0. The van der Waals surface area contributed by atoms with Gasteiger partial charge in [0.1, 0.15) is 5.75 Å². The maximum Gasteiger partial charge on any atom is 0.118 e. The lowest BCUT2D eigenvalue weighted by Crippen LogP contribution is -1.94. The number of halogens is 1. The number of allylic oxidation sites excluding steroid dienone is 1. The fourth-order valence-corrected chi connectivity index (χ4v) is 3.27. The van der Waals surface area contributed by atoms with Crippen LogP contribution in [0, 0.1) is 11.3 Å². The van der Waals surface area contributed by atoms with Gasteiger partial charge in [0, 0.05) is 22.3 Å². The monoisotopic (exact) mass is 411 g/mol. The van der Waals surface area contributed by atoms with Crippen LogP contribution >= 0.6 is 11.6 Å². The molecule has 0 unspecified atom stereocenters. The van der Waals surface area contributed by atoms with Crippen LogP contribution in [0.3, 0.4) is 0 Å². The summed E-state index contributed by atoms with van der Waals surface area (Å²) in [5.41, 5.74) is 4.84. The van der Waals surface area contributed by atoms with Crippen LogP contribution in [0.5, 0.6) is 5.75 Å². The van der Waals surface area contributed by atoms with E-state index in [1.165, 1.54) is 0 Å². The molecule has 4 rings (SSSR count). The van der Waals surface area contributed by atoms with Crippen molar-refractivity contribution in [1.29, 1.82) is 5.26 Å². The zero-order valence-electron chi connectivity index (χ0n) is 16.3. The van der Waals surface area contributed by atoms with E-state index in [1.807, 2.05) is 83.7 Å². The summed E-state index contributed by atoms with van der Waals surface area (Å²) in [6, 6.07) is 27.1. The van der Waals surface area contributed by atoms with Gasteiger partial charge >= 0.3 is 0 Å². The van der Waals surface area contributed by atoms with Crippen LogP contribution in [0.2, 0.25) is 5.02 Å². The number of benzene rings is 3. The lowest BCUT2D eigenvalue weighted by molar-refractivity contribution is 0.415. The van der Waals surface area contributed by atoms with Crippen molar-refractivity contribution in [3.63, 3.8) is 0 Å². The van der Waals surface area contributed by atoms with Crippen molar-refractivity contribution < 1.29 is 4.74 Å². The summed E-state index contributed by atoms with van der Waals surface area (Å²) in [4.78, 5) is 0. The predicted molar refractivity (Wildman–Crippen MR) is 120 cm³/mol. The molecule has 0 bridgehead atoms. The highest BCUT2D eigenvalue weighted by Crippen LogP contribution is 2.29. The number of nitriles is 1. The van der Waals surface area contributed by atoms with E-state index < -0.39 is 0 Å². The Labute approximate surface area is 180 Å². The summed E-state index contributed by atoms with van der Waals surface area (Å²) < 4.78 is 7.09. The summed E-state index contributed by atoms with van der Waals surface area (Å²) in [6.07, 6.45) is 3.79. The number of methoxy groups -OCH3 is 1. The minimum atomic E-state index is 0.536. The van der Waals surface area contributed by atoms with Crippen molar-refractivity contribution in [1.82, 2.24) is 9.78 Å². The zero-order valence-corrected chi connectivity index (χ0v) is 17.0. The zero-order chi connectivity index (χ0) is 20.9. The average molecular weight is 412 g/mol. The van der Waals surface area contributed by atoms with Crippen molar-refractivity contribution in [2.75, 3.05) is 7.11 Å². The minimum Gasteiger partial charge on any atom is -0.497 e. The normalized spacial score (nSPS) is 11.2. The molecule has 0 fully saturated rings. The number of hydrogen-bond donors (Lipinski definition) is 0. The molecule has 0 spiro atoms. The van der Waals surface area contributed by atoms with Crippen LogP contribution in [0.15, 0.2) is 85.1 Å². The third-order valence-electron chi connectivity index (χ3n) is 4.70. The second-order valence-electron chi connectivity index (χ2n) is 6.62. The molecular formula is C25H18ClN3O. The van der Waals surface area contributed by atoms with Crippen LogP contribution in [0.1, 0.15) is 11.1 Å². The molecule has 0 saturated carbocycles. The van der Waals surface area contributed by atoms with E-state index in [2.05, 4.69) is 6.07 Å². The quantitative estimate of drug-likeness (QED) is 0.364. The molecule has 0 aliphatic heterocycles. The van der Waals surface area contributed by atoms with Crippen molar-refractivity contribution in [2.24, 2.45) is 0 Å². The molecular weight excluding hydrogens is 394 g/mol. The maximum absolute atomic E-state index is 9.77. The first-order valence-corrected chi connectivity index (χ1v) is 9.73. The van der Waals surface area contributed by atoms with Gasteiger partial charge in [0.15, 0.2) is 0 Å². The Bertz CT molecular complexity index is 1220. The Morgan fingerprint density at radius 1 is 1.00 bits per heavy atom. The average Bonchev–Trinajstić information content (AvgIpc) is 3.22. The van der Waals surface area contributed by atoms with Crippen molar-refractivity contribution in [3.8, 4) is 28.8 Å². The molecule has 146 valence electrons. The number of aromatic nitrogens is 2. The lowest BCUT2D eigenvalue weighted by Gasteiger charge is -2.03. The largest absolute Gasteiger partial charge is 0.497 e. The third-order valence-corrected chi connectivity index (χ3v) is 4.95. The number of hydrogen-bond acceptors (Lipinski definition) is 3. The van der Waals surface area contributed by atoms with Gasteiger partial charge in [-0.1, -0.05) is 41.9 Å². The van der Waals surface area contributed by atoms with Gasteiger partial charge in [0.2, 0.25) is 0 Å². The van der Waals surface area contributed by atoms with Gasteiger partial charge in [-0.05, 0) is 60.2 Å². The summed E-state index contributed by atoms with van der Waals surface area (Å²) in [6.45, 7) is 0. The highest BCUT2D eigenvalue weighted by molar-refractivity contribution is 6.30. The smallest absolute Gasteiger partial charge is 0.118 e. The molecule has 0 N–H and O–H groups in total. The van der Waals surface area contributed by atoms with Crippen LogP contribution in [0.25, 0.3) is 28.6 Å². The van der Waals surface area contributed by atoms with E-state index >= 15 is 0 Å². The standard InChI is InChI=1S/C25H18ClN3O/c1-30-24-13-9-19(10-14-24)25-21(17-29(28-25)23-5-3-2-4-6-23)15-20(16-27)18-7-11-22(26)12-8-18/h2-15,17H,1H3/b20-15+. The van der Waals surface area contributed by atoms with Gasteiger partial charge in [0.25, 0.3) is 0 Å². The SMILES string of the molecule is COc1ccc(-c2nn(-c3ccccc3)cc2/C=C(\C#N)c2ccc(Cl)cc2)cc1. The Balaban J connectivity index is 1.85. The first kappa shape index (κ1) is 19.5. The Morgan fingerprint density at radius 2 is 1.70 bits per heavy atom. The van der Waals surface area contributed by atoms with E-state index in [1.54, 1.807) is 19.2 Å². The van der Waals surface area contributed by atoms with Gasteiger partial charge in [-0.3, -0.25) is 0 Å². The highest BCUT2D eigenvalue weighted by Gasteiger charge is 2.13. The molecule has 4 aromatic rings. The van der Waals surface area contributed by atoms with Crippen LogP contribution in [0.4, 0.5) is 0 Å². The van der Waals surface area contributed by atoms with Crippen LogP contribution in [-0.4, -0.2) is 16.9 Å². The Morgan fingerprint density at radius 3 is 2.33 bits per heavy atom. The number of rotatable bonds is 5. The third kappa shape index (κ3) is 4.12. The van der Waals surface area contributed by atoms with E-state index in [0.717, 1.165) is 33.8 Å². The van der Waals surface area contributed by atoms with Gasteiger partial charge in [-0.15, -0.1) is 0 Å². The van der Waals surface area contributed by atoms with E-state index in [4.69, 9.17) is 21.4 Å². The highest BCUT2D eigenvalue weighted by atomic mass is 35.5. The molecule has 1 aromatic heterocycles. The Kier molecular flexibility index (Phi) is 5.65. The number of ether oxygens (including phenoxy) is 1. The summed E-state index contributed by atoms with van der Waals surface area (Å²) in [5, 5.41) is 15.2. The maximum atomic E-state index is 9.77. The molecule has 3 aromatic carbocycles. The molecule has 30 heavy (non-hydrogen) atoms. The molecule has 5 heteroatoms. The van der Waals surface area contributed by atoms with Crippen LogP contribution in [-0.2, 0) is 0 Å². The molecule has 0 atom stereocenters. The second-order valence-corrected chi connectivity index (χ2v) is 7.05. The first-order valence-electron chi connectivity index (χ1n) is 9.35. The van der Waals surface area contributed by atoms with E-state index in [0.29, 0.717) is 10.6 Å². The molecule has 0 amide bonds. The molecule has 0 saturated heterocycles. The number of nitrogens with zero attached hydrogens (tertiary/aromatic N) is 3. The topological polar surface area (TPSA) is 50.8 Å². The minimum absolute atomic E-state index is 0.536. The van der Waals surface area contributed by atoms with Crippen molar-refractivity contribution in [3.05, 3.63) is 101 Å². The fourth-order valence-electron chi connectivity index (χ4n) is 3.14. The molecule has 0 aliphatic carbocycles. The summed E-state index contributed by atoms with van der Waals surface area (Å²) >= 11 is 5.99. The first-order chi connectivity index (χ1) is 14.7. The van der Waals surface area contributed by atoms with Crippen molar-refractivity contribution >= 4 is 23.3 Å². The van der Waals surface area contributed by atoms with Gasteiger partial charge in [-0.2, -0.15) is 10.4 Å². The molecule has 0 radical (unpaired) electrons. The van der Waals surface area contributed by atoms with Crippen LogP contribution < -0.4 is 4.74 Å². The molecule has 1 heterocycles. The number of para-hydroxylation sites is 1. The fraction of sp³-hybridized carbons (Fsp3) is 0.0400. The summed E-state index contributed by atoms with van der Waals surface area (Å²) in [5.74, 6) is 0.775. The van der Waals surface area contributed by atoms with E-state index in [9.17, 15) is 5.26 Å². The van der Waals surface area contributed by atoms with Crippen molar-refractivity contribution in [2.45, 2.75) is 0 Å². The van der Waals surface area contributed by atoms with Gasteiger partial charge in [-0.25, -0.2) is 4.68 Å². The second kappa shape index (κ2) is 8.69. The van der Waals surface area contributed by atoms with Gasteiger partial charge < -0.3 is 4.74 Å². The molecule has 4 nitrogen and oxygen atoms in total. The Hall–Kier alpha value is -3.81. The predicted octanol–water partition coefficient (Wildman–Crippen LogP) is 6.27. The molecule has 0 aliphatic rings.